The molecule has 0 fully saturated rings. The van der Waals surface area contributed by atoms with Crippen LogP contribution in [0.25, 0.3) is 22.4 Å². The van der Waals surface area contributed by atoms with Gasteiger partial charge in [-0.05, 0) is 16.7 Å². The molecule has 4 rings (SSSR count). The van der Waals surface area contributed by atoms with Crippen LogP contribution in [0.15, 0.2) is 79.4 Å². The van der Waals surface area contributed by atoms with E-state index in [-0.39, 0.29) is 0 Å². The number of hydrogen-bond donors (Lipinski definition) is 2. The monoisotopic (exact) mass is 327 g/mol. The second kappa shape index (κ2) is 6.97. The molecule has 0 saturated heterocycles. The molecule has 0 aliphatic carbocycles. The predicted octanol–water partition coefficient (Wildman–Crippen LogP) is 4.15. The summed E-state index contributed by atoms with van der Waals surface area (Å²) in [5.74, 6) is 0.745. The van der Waals surface area contributed by atoms with Gasteiger partial charge in [0.1, 0.15) is 5.82 Å². The zero-order valence-electron chi connectivity index (χ0n) is 13.6. The summed E-state index contributed by atoms with van der Waals surface area (Å²) in [5, 5.41) is 10.1. The zero-order valence-corrected chi connectivity index (χ0v) is 13.6. The molecule has 2 aromatic carbocycles. The minimum Gasteiger partial charge on any atom is -0.365 e. The second-order valence-electron chi connectivity index (χ2n) is 5.65. The molecule has 4 aromatic rings. The van der Waals surface area contributed by atoms with Crippen LogP contribution in [0.4, 0.5) is 5.82 Å². The Morgan fingerprint density at radius 2 is 1.64 bits per heavy atom. The normalized spacial score (nSPS) is 10.6. The quantitative estimate of drug-likeness (QED) is 0.578. The predicted molar refractivity (Wildman–Crippen MR) is 98.8 cm³/mol. The fourth-order valence-electron chi connectivity index (χ4n) is 2.72. The molecule has 0 aliphatic heterocycles. The van der Waals surface area contributed by atoms with Gasteiger partial charge in [0.05, 0.1) is 24.3 Å². The fraction of sp³-hybridized carbons (Fsp3) is 0.0500. The van der Waals surface area contributed by atoms with Crippen LogP contribution in [-0.2, 0) is 6.54 Å². The van der Waals surface area contributed by atoms with E-state index in [9.17, 15) is 0 Å². The number of aromatic amines is 1. The summed E-state index contributed by atoms with van der Waals surface area (Å²) in [5.41, 5.74) is 5.37. The van der Waals surface area contributed by atoms with Gasteiger partial charge in [-0.1, -0.05) is 54.6 Å². The van der Waals surface area contributed by atoms with Gasteiger partial charge >= 0.3 is 0 Å². The summed E-state index contributed by atoms with van der Waals surface area (Å²) in [7, 11) is 0. The van der Waals surface area contributed by atoms with Crippen molar-refractivity contribution in [1.29, 1.82) is 0 Å². The van der Waals surface area contributed by atoms with E-state index in [1.807, 2.05) is 6.07 Å². The van der Waals surface area contributed by atoms with E-state index >= 15 is 0 Å². The lowest BCUT2D eigenvalue weighted by molar-refractivity contribution is 1.09. The van der Waals surface area contributed by atoms with E-state index in [0.717, 1.165) is 17.1 Å². The van der Waals surface area contributed by atoms with Gasteiger partial charge in [0, 0.05) is 18.3 Å². The molecule has 0 radical (unpaired) electrons. The number of hydrogen-bond acceptors (Lipinski definition) is 4. The van der Waals surface area contributed by atoms with Gasteiger partial charge in [-0.25, -0.2) is 4.98 Å². The first-order valence-corrected chi connectivity index (χ1v) is 8.08. The average Bonchev–Trinajstić information content (AvgIpc) is 3.22. The van der Waals surface area contributed by atoms with Crippen LogP contribution in [0.2, 0.25) is 0 Å². The Kier molecular flexibility index (Phi) is 4.20. The molecule has 0 spiro atoms. The summed E-state index contributed by atoms with van der Waals surface area (Å²) >= 11 is 0. The molecule has 5 heteroatoms. The first kappa shape index (κ1) is 15.1. The Bertz CT molecular complexity index is 932. The van der Waals surface area contributed by atoms with Crippen LogP contribution in [0.5, 0.6) is 0 Å². The molecule has 0 amide bonds. The van der Waals surface area contributed by atoms with Crippen LogP contribution in [0.3, 0.4) is 0 Å². The Labute approximate surface area is 145 Å². The number of nitrogens with zero attached hydrogens (tertiary/aromatic N) is 3. The molecule has 5 nitrogen and oxygen atoms in total. The molecular weight excluding hydrogens is 310 g/mol. The molecule has 0 bridgehead atoms. The third kappa shape index (κ3) is 3.40. The topological polar surface area (TPSA) is 66.5 Å². The molecular formula is C20H17N5. The van der Waals surface area contributed by atoms with Crippen molar-refractivity contribution in [3.63, 3.8) is 0 Å². The third-order valence-corrected chi connectivity index (χ3v) is 4.01. The molecule has 0 saturated carbocycles. The molecule has 25 heavy (non-hydrogen) atoms. The lowest BCUT2D eigenvalue weighted by Gasteiger charge is -2.11. The Morgan fingerprint density at radius 1 is 0.800 bits per heavy atom. The van der Waals surface area contributed by atoms with Crippen LogP contribution < -0.4 is 5.32 Å². The lowest BCUT2D eigenvalue weighted by atomic mass is 10.00. The first-order chi connectivity index (χ1) is 12.4. The first-order valence-electron chi connectivity index (χ1n) is 8.08. The van der Waals surface area contributed by atoms with Crippen molar-refractivity contribution < 1.29 is 0 Å². The van der Waals surface area contributed by atoms with Crippen molar-refractivity contribution in [2.75, 3.05) is 5.32 Å². The van der Waals surface area contributed by atoms with E-state index in [1.54, 1.807) is 24.8 Å². The zero-order chi connectivity index (χ0) is 16.9. The highest BCUT2D eigenvalue weighted by Crippen LogP contribution is 2.24. The number of nitrogens with one attached hydrogen (secondary N) is 2. The van der Waals surface area contributed by atoms with Gasteiger partial charge < -0.3 is 5.32 Å². The number of anilines is 1. The molecule has 0 unspecified atom stereocenters. The summed E-state index contributed by atoms with van der Waals surface area (Å²) in [6.45, 7) is 0.685. The largest absolute Gasteiger partial charge is 0.365 e. The minimum absolute atomic E-state index is 0.685. The fourth-order valence-corrected chi connectivity index (χ4v) is 2.72. The molecule has 0 aliphatic rings. The Morgan fingerprint density at radius 3 is 2.40 bits per heavy atom. The summed E-state index contributed by atoms with van der Waals surface area (Å²) in [4.78, 5) is 8.87. The van der Waals surface area contributed by atoms with Gasteiger partial charge in [0.2, 0.25) is 0 Å². The molecule has 2 heterocycles. The van der Waals surface area contributed by atoms with E-state index in [1.165, 1.54) is 16.7 Å². The summed E-state index contributed by atoms with van der Waals surface area (Å²) < 4.78 is 0. The number of rotatable bonds is 5. The summed E-state index contributed by atoms with van der Waals surface area (Å²) in [6.07, 6.45) is 7.02. The molecule has 0 atom stereocenters. The van der Waals surface area contributed by atoms with Gasteiger partial charge in [0.25, 0.3) is 0 Å². The smallest absolute Gasteiger partial charge is 0.144 e. The van der Waals surface area contributed by atoms with Crippen LogP contribution in [0.1, 0.15) is 5.56 Å². The highest BCUT2D eigenvalue weighted by Gasteiger charge is 2.05. The van der Waals surface area contributed by atoms with Crippen molar-refractivity contribution >= 4 is 5.82 Å². The minimum atomic E-state index is 0.685. The lowest BCUT2D eigenvalue weighted by Crippen LogP contribution is -2.03. The van der Waals surface area contributed by atoms with Crippen LogP contribution in [0, 0.1) is 0 Å². The van der Waals surface area contributed by atoms with Gasteiger partial charge in [-0.2, -0.15) is 5.10 Å². The maximum Gasteiger partial charge on any atom is 0.144 e. The second-order valence-corrected chi connectivity index (χ2v) is 5.65. The third-order valence-electron chi connectivity index (χ3n) is 4.01. The van der Waals surface area contributed by atoms with Crippen LogP contribution in [-0.4, -0.2) is 20.2 Å². The van der Waals surface area contributed by atoms with E-state index < -0.39 is 0 Å². The van der Waals surface area contributed by atoms with Gasteiger partial charge in [-0.15, -0.1) is 0 Å². The molecule has 2 aromatic heterocycles. The number of benzene rings is 2. The number of aromatic nitrogens is 4. The van der Waals surface area contributed by atoms with Crippen LogP contribution >= 0.6 is 0 Å². The molecule has 2 N–H and O–H groups in total. The SMILES string of the molecule is c1ccc(-c2ccccc2CNc2cnc(-c3cn[nH]c3)cn2)cc1. The van der Waals surface area contributed by atoms with Crippen molar-refractivity contribution in [3.05, 3.63) is 84.9 Å². The summed E-state index contributed by atoms with van der Waals surface area (Å²) in [6, 6.07) is 18.8. The van der Waals surface area contributed by atoms with Crippen molar-refractivity contribution in [1.82, 2.24) is 20.2 Å². The van der Waals surface area contributed by atoms with E-state index in [0.29, 0.717) is 6.54 Å². The van der Waals surface area contributed by atoms with Gasteiger partial charge in [0.15, 0.2) is 0 Å². The maximum absolute atomic E-state index is 4.44. The Hall–Kier alpha value is -3.47. The highest BCUT2D eigenvalue weighted by molar-refractivity contribution is 5.67. The van der Waals surface area contributed by atoms with Crippen molar-refractivity contribution in [3.8, 4) is 22.4 Å². The highest BCUT2D eigenvalue weighted by atomic mass is 15.1. The number of H-pyrrole nitrogens is 1. The van der Waals surface area contributed by atoms with Crippen molar-refractivity contribution in [2.45, 2.75) is 6.54 Å². The Balaban J connectivity index is 1.50. The van der Waals surface area contributed by atoms with Gasteiger partial charge in [-0.3, -0.25) is 10.1 Å². The molecule has 122 valence electrons. The maximum atomic E-state index is 4.44. The van der Waals surface area contributed by atoms with Crippen molar-refractivity contribution in [2.24, 2.45) is 0 Å². The standard InChI is InChI=1S/C20H17N5/c1-2-6-15(7-3-1)18-9-5-4-8-16(18)10-22-20-14-21-19(13-23-20)17-11-24-25-12-17/h1-9,11-14H,10H2,(H,22,23)(H,24,25). The van der Waals surface area contributed by atoms with E-state index in [2.05, 4.69) is 74.0 Å². The van der Waals surface area contributed by atoms with E-state index in [4.69, 9.17) is 0 Å². The average molecular weight is 327 g/mol.